The first-order valence-corrected chi connectivity index (χ1v) is 7.96. The number of nitrogens with two attached hydrogens (primary N) is 1. The molecule has 4 nitrogen and oxygen atoms in total. The number of para-hydroxylation sites is 1. The first-order chi connectivity index (χ1) is 9.45. The molecule has 0 saturated carbocycles. The highest BCUT2D eigenvalue weighted by Crippen LogP contribution is 2.29. The number of hydrogen-bond donors (Lipinski definition) is 2. The molecule has 0 unspecified atom stereocenters. The van der Waals surface area contributed by atoms with Crippen LogP contribution in [-0.2, 0) is 16.4 Å². The molecule has 2 aromatic carbocycles. The maximum absolute atomic E-state index is 12.4. The van der Waals surface area contributed by atoms with E-state index in [0.29, 0.717) is 5.69 Å². The van der Waals surface area contributed by atoms with Crippen molar-refractivity contribution in [3.05, 3.63) is 53.1 Å². The first kappa shape index (κ1) is 14.7. The molecule has 0 radical (unpaired) electrons. The monoisotopic (exact) mass is 310 g/mol. The van der Waals surface area contributed by atoms with Gasteiger partial charge in [0.15, 0.2) is 0 Å². The van der Waals surface area contributed by atoms with Gasteiger partial charge in [0.1, 0.15) is 4.90 Å². The Kier molecular flexibility index (Phi) is 4.20. The Bertz CT molecular complexity index is 709. The number of rotatable bonds is 4. The number of halogens is 1. The summed E-state index contributed by atoms with van der Waals surface area (Å²) in [6, 6.07) is 11.8. The normalized spacial score (nSPS) is 11.3. The summed E-state index contributed by atoms with van der Waals surface area (Å²) in [7, 11) is -3.81. The number of hydrogen-bond acceptors (Lipinski definition) is 3. The van der Waals surface area contributed by atoms with E-state index in [4.69, 9.17) is 17.3 Å². The van der Waals surface area contributed by atoms with Gasteiger partial charge in [0, 0.05) is 0 Å². The van der Waals surface area contributed by atoms with Crippen molar-refractivity contribution in [2.75, 3.05) is 10.5 Å². The van der Waals surface area contributed by atoms with Gasteiger partial charge in [-0.2, -0.15) is 0 Å². The highest BCUT2D eigenvalue weighted by molar-refractivity contribution is 7.93. The molecule has 0 aliphatic heterocycles. The van der Waals surface area contributed by atoms with Crippen molar-refractivity contribution in [3.63, 3.8) is 0 Å². The molecular weight excluding hydrogens is 296 g/mol. The molecule has 0 spiro atoms. The molecule has 0 amide bonds. The van der Waals surface area contributed by atoms with Crippen LogP contribution < -0.4 is 10.5 Å². The number of nitrogen functional groups attached to an aromatic ring is 1. The van der Waals surface area contributed by atoms with E-state index in [9.17, 15) is 8.42 Å². The largest absolute Gasteiger partial charge is 0.398 e. The Morgan fingerprint density at radius 2 is 1.85 bits per heavy atom. The molecule has 2 aromatic rings. The fourth-order valence-electron chi connectivity index (χ4n) is 1.93. The smallest absolute Gasteiger partial charge is 0.265 e. The Balaban J connectivity index is 2.47. The van der Waals surface area contributed by atoms with Crippen LogP contribution >= 0.6 is 11.6 Å². The first-order valence-electron chi connectivity index (χ1n) is 6.10. The molecular formula is C14H15ClN2O2S. The van der Waals surface area contributed by atoms with E-state index in [-0.39, 0.29) is 15.6 Å². The van der Waals surface area contributed by atoms with Crippen LogP contribution in [-0.4, -0.2) is 8.42 Å². The molecule has 20 heavy (non-hydrogen) atoms. The lowest BCUT2D eigenvalue weighted by molar-refractivity contribution is 0.601. The Morgan fingerprint density at radius 1 is 1.15 bits per heavy atom. The summed E-state index contributed by atoms with van der Waals surface area (Å²) in [5, 5.41) is 0.103. The zero-order chi connectivity index (χ0) is 14.8. The SMILES string of the molecule is CCc1ccccc1NS(=O)(=O)c1c(N)cccc1Cl. The second kappa shape index (κ2) is 5.73. The van der Waals surface area contributed by atoms with Gasteiger partial charge in [-0.25, -0.2) is 8.42 Å². The van der Waals surface area contributed by atoms with Gasteiger partial charge in [0.05, 0.1) is 16.4 Å². The van der Waals surface area contributed by atoms with Gasteiger partial charge < -0.3 is 5.73 Å². The minimum Gasteiger partial charge on any atom is -0.398 e. The highest BCUT2D eigenvalue weighted by atomic mass is 35.5. The molecule has 2 rings (SSSR count). The topological polar surface area (TPSA) is 72.2 Å². The molecule has 3 N–H and O–H groups in total. The second-order valence-corrected chi connectivity index (χ2v) is 6.30. The lowest BCUT2D eigenvalue weighted by Gasteiger charge is -2.13. The van der Waals surface area contributed by atoms with E-state index in [1.165, 1.54) is 12.1 Å². The summed E-state index contributed by atoms with van der Waals surface area (Å²) >= 11 is 5.95. The Morgan fingerprint density at radius 3 is 2.50 bits per heavy atom. The maximum Gasteiger partial charge on any atom is 0.265 e. The fraction of sp³-hybridized carbons (Fsp3) is 0.143. The third kappa shape index (κ3) is 2.89. The van der Waals surface area contributed by atoms with Crippen LogP contribution in [0.5, 0.6) is 0 Å². The molecule has 0 aliphatic carbocycles. The average molecular weight is 311 g/mol. The number of sulfonamides is 1. The van der Waals surface area contributed by atoms with Crippen molar-refractivity contribution in [2.45, 2.75) is 18.2 Å². The molecule has 0 aromatic heterocycles. The third-order valence-electron chi connectivity index (χ3n) is 2.91. The van der Waals surface area contributed by atoms with E-state index in [0.717, 1.165) is 12.0 Å². The van der Waals surface area contributed by atoms with Crippen LogP contribution in [0.1, 0.15) is 12.5 Å². The lowest BCUT2D eigenvalue weighted by atomic mass is 10.1. The third-order valence-corrected chi connectivity index (χ3v) is 4.82. The van der Waals surface area contributed by atoms with Gasteiger partial charge in [-0.15, -0.1) is 0 Å². The lowest BCUT2D eigenvalue weighted by Crippen LogP contribution is -2.16. The predicted molar refractivity (Wildman–Crippen MR) is 82.5 cm³/mol. The van der Waals surface area contributed by atoms with Gasteiger partial charge in [-0.05, 0) is 30.2 Å². The van der Waals surface area contributed by atoms with Crippen LogP contribution in [0.4, 0.5) is 11.4 Å². The van der Waals surface area contributed by atoms with E-state index in [1.54, 1.807) is 18.2 Å². The van der Waals surface area contributed by atoms with Crippen LogP contribution in [0.2, 0.25) is 5.02 Å². The molecule has 6 heteroatoms. The average Bonchev–Trinajstić information content (AvgIpc) is 2.38. The molecule has 0 saturated heterocycles. The van der Waals surface area contributed by atoms with Crippen molar-refractivity contribution >= 4 is 33.0 Å². The molecule has 0 atom stereocenters. The molecule has 0 bridgehead atoms. The molecule has 106 valence electrons. The van der Waals surface area contributed by atoms with Crippen molar-refractivity contribution in [1.82, 2.24) is 0 Å². The van der Waals surface area contributed by atoms with E-state index >= 15 is 0 Å². The highest BCUT2D eigenvalue weighted by Gasteiger charge is 2.21. The summed E-state index contributed by atoms with van der Waals surface area (Å²) in [5.41, 5.74) is 7.29. The van der Waals surface area contributed by atoms with Gasteiger partial charge in [0.25, 0.3) is 10.0 Å². The van der Waals surface area contributed by atoms with E-state index in [1.807, 2.05) is 19.1 Å². The summed E-state index contributed by atoms with van der Waals surface area (Å²) in [4.78, 5) is -0.0902. The van der Waals surface area contributed by atoms with Crippen LogP contribution in [0, 0.1) is 0 Å². The van der Waals surface area contributed by atoms with Crippen molar-refractivity contribution in [2.24, 2.45) is 0 Å². The van der Waals surface area contributed by atoms with Gasteiger partial charge >= 0.3 is 0 Å². The molecule has 0 heterocycles. The fourth-order valence-corrected chi connectivity index (χ4v) is 3.71. The number of nitrogens with one attached hydrogen (secondary N) is 1. The zero-order valence-electron chi connectivity index (χ0n) is 10.9. The van der Waals surface area contributed by atoms with Crippen molar-refractivity contribution in [3.8, 4) is 0 Å². The molecule has 0 fully saturated rings. The zero-order valence-corrected chi connectivity index (χ0v) is 12.5. The van der Waals surface area contributed by atoms with Gasteiger partial charge in [0.2, 0.25) is 0 Å². The van der Waals surface area contributed by atoms with Crippen LogP contribution in [0.3, 0.4) is 0 Å². The van der Waals surface area contributed by atoms with E-state index in [2.05, 4.69) is 4.72 Å². The minimum atomic E-state index is -3.81. The maximum atomic E-state index is 12.4. The summed E-state index contributed by atoms with van der Waals surface area (Å²) in [5.74, 6) is 0. The van der Waals surface area contributed by atoms with Crippen molar-refractivity contribution < 1.29 is 8.42 Å². The standard InChI is InChI=1S/C14H15ClN2O2S/c1-2-10-6-3-4-9-13(10)17-20(18,19)14-11(15)7-5-8-12(14)16/h3-9,17H,2,16H2,1H3. The summed E-state index contributed by atoms with van der Waals surface area (Å²) < 4.78 is 27.4. The summed E-state index contributed by atoms with van der Waals surface area (Å²) in [6.07, 6.45) is 0.719. The summed E-state index contributed by atoms with van der Waals surface area (Å²) in [6.45, 7) is 1.96. The number of anilines is 2. The van der Waals surface area contributed by atoms with Gasteiger partial charge in [-0.3, -0.25) is 4.72 Å². The van der Waals surface area contributed by atoms with E-state index < -0.39 is 10.0 Å². The Labute approximate surface area is 123 Å². The van der Waals surface area contributed by atoms with Gasteiger partial charge in [-0.1, -0.05) is 42.8 Å². The minimum absolute atomic E-state index is 0.0902. The quantitative estimate of drug-likeness (QED) is 0.851. The van der Waals surface area contributed by atoms with Crippen LogP contribution in [0.15, 0.2) is 47.4 Å². The van der Waals surface area contributed by atoms with Crippen molar-refractivity contribution in [1.29, 1.82) is 0 Å². The number of benzene rings is 2. The Hall–Kier alpha value is -1.72. The predicted octanol–water partition coefficient (Wildman–Crippen LogP) is 3.29. The molecule has 0 aliphatic rings. The second-order valence-electron chi connectivity index (χ2n) is 4.27. The van der Waals surface area contributed by atoms with Crippen LogP contribution in [0.25, 0.3) is 0 Å². The number of aryl methyl sites for hydroxylation is 1.